The maximum atomic E-state index is 12.4. The van der Waals surface area contributed by atoms with Gasteiger partial charge in [0, 0.05) is 23.6 Å². The van der Waals surface area contributed by atoms with Gasteiger partial charge >= 0.3 is 0 Å². The predicted molar refractivity (Wildman–Crippen MR) is 97.8 cm³/mol. The third-order valence-electron chi connectivity index (χ3n) is 3.41. The summed E-state index contributed by atoms with van der Waals surface area (Å²) in [5, 5.41) is 0.463. The molecule has 0 saturated carbocycles. The summed E-state index contributed by atoms with van der Waals surface area (Å²) < 4.78 is 37.0. The molecule has 0 aliphatic rings. The minimum atomic E-state index is -3.61. The van der Waals surface area contributed by atoms with Crippen LogP contribution < -0.4 is 9.46 Å². The fourth-order valence-electron chi connectivity index (χ4n) is 2.05. The van der Waals surface area contributed by atoms with E-state index in [0.717, 1.165) is 17.8 Å². The Kier molecular flexibility index (Phi) is 5.00. The van der Waals surface area contributed by atoms with Crippen molar-refractivity contribution in [3.8, 4) is 10.9 Å². The van der Waals surface area contributed by atoms with Crippen LogP contribution in [0.4, 0.5) is 5.69 Å². The SMILES string of the molecule is CCc1nsc(Oc2ccc(NS(=O)(=O)c3ccc(C)cc3)cc2)n1. The quantitative estimate of drug-likeness (QED) is 0.704. The molecule has 0 saturated heterocycles. The van der Waals surface area contributed by atoms with Gasteiger partial charge in [-0.1, -0.05) is 24.6 Å². The third-order valence-corrected chi connectivity index (χ3v) is 5.44. The zero-order valence-corrected chi connectivity index (χ0v) is 15.4. The Morgan fingerprint density at radius 2 is 1.76 bits per heavy atom. The first kappa shape index (κ1) is 17.4. The number of anilines is 1. The highest BCUT2D eigenvalue weighted by molar-refractivity contribution is 7.92. The average molecular weight is 375 g/mol. The Labute approximate surface area is 150 Å². The smallest absolute Gasteiger partial charge is 0.298 e. The summed E-state index contributed by atoms with van der Waals surface area (Å²) in [5.41, 5.74) is 1.46. The molecule has 0 aliphatic heterocycles. The zero-order valence-electron chi connectivity index (χ0n) is 13.8. The molecule has 130 valence electrons. The van der Waals surface area contributed by atoms with Gasteiger partial charge in [-0.25, -0.2) is 8.42 Å². The maximum Gasteiger partial charge on any atom is 0.298 e. The molecule has 0 fully saturated rings. The number of rotatable bonds is 6. The van der Waals surface area contributed by atoms with Gasteiger partial charge in [0.25, 0.3) is 15.2 Å². The lowest BCUT2D eigenvalue weighted by molar-refractivity contribution is 0.477. The lowest BCUT2D eigenvalue weighted by Gasteiger charge is -2.09. The molecule has 0 aliphatic carbocycles. The highest BCUT2D eigenvalue weighted by Crippen LogP contribution is 2.25. The van der Waals surface area contributed by atoms with Crippen LogP contribution in [0.3, 0.4) is 0 Å². The maximum absolute atomic E-state index is 12.4. The van der Waals surface area contributed by atoms with Crippen LogP contribution in [0.15, 0.2) is 53.4 Å². The Bertz CT molecular complexity index is 950. The molecular weight excluding hydrogens is 358 g/mol. The third kappa shape index (κ3) is 4.34. The Morgan fingerprint density at radius 3 is 2.36 bits per heavy atom. The second kappa shape index (κ2) is 7.20. The van der Waals surface area contributed by atoms with Crippen molar-refractivity contribution in [1.82, 2.24) is 9.36 Å². The molecule has 0 spiro atoms. The fourth-order valence-corrected chi connectivity index (χ4v) is 3.74. The molecule has 0 atom stereocenters. The van der Waals surface area contributed by atoms with E-state index in [1.165, 1.54) is 11.5 Å². The van der Waals surface area contributed by atoms with Crippen molar-refractivity contribution in [2.24, 2.45) is 0 Å². The van der Waals surface area contributed by atoms with Gasteiger partial charge in [-0.3, -0.25) is 4.72 Å². The van der Waals surface area contributed by atoms with Gasteiger partial charge in [0.1, 0.15) is 11.6 Å². The van der Waals surface area contributed by atoms with Gasteiger partial charge < -0.3 is 4.74 Å². The van der Waals surface area contributed by atoms with Crippen LogP contribution in [-0.2, 0) is 16.4 Å². The molecule has 1 N–H and O–H groups in total. The Balaban J connectivity index is 1.70. The van der Waals surface area contributed by atoms with Crippen molar-refractivity contribution < 1.29 is 13.2 Å². The van der Waals surface area contributed by atoms with E-state index in [4.69, 9.17) is 4.74 Å². The average Bonchev–Trinajstić information content (AvgIpc) is 3.04. The molecule has 3 aromatic rings. The standard InChI is InChI=1S/C17H17N3O3S2/c1-3-16-18-17(24-19-16)23-14-8-6-13(7-9-14)20-25(21,22)15-10-4-12(2)5-11-15/h4-11,20H,3H2,1-2H3. The first-order valence-electron chi connectivity index (χ1n) is 7.66. The number of sulfonamides is 1. The van der Waals surface area contributed by atoms with E-state index in [-0.39, 0.29) is 4.90 Å². The van der Waals surface area contributed by atoms with Crippen LogP contribution in [0.5, 0.6) is 10.9 Å². The highest BCUT2D eigenvalue weighted by atomic mass is 32.2. The zero-order chi connectivity index (χ0) is 17.9. The van der Waals surface area contributed by atoms with Crippen LogP contribution in [0.25, 0.3) is 0 Å². The molecule has 0 amide bonds. The second-order valence-corrected chi connectivity index (χ2v) is 7.77. The predicted octanol–water partition coefficient (Wildman–Crippen LogP) is 4.00. The molecule has 0 unspecified atom stereocenters. The van der Waals surface area contributed by atoms with Crippen LogP contribution in [-0.4, -0.2) is 17.8 Å². The largest absolute Gasteiger partial charge is 0.430 e. The van der Waals surface area contributed by atoms with Gasteiger partial charge in [0.15, 0.2) is 0 Å². The number of nitrogens with zero attached hydrogens (tertiary/aromatic N) is 2. The molecule has 3 rings (SSSR count). The van der Waals surface area contributed by atoms with Gasteiger partial charge in [-0.2, -0.15) is 9.36 Å². The Morgan fingerprint density at radius 1 is 1.08 bits per heavy atom. The minimum Gasteiger partial charge on any atom is -0.430 e. The van der Waals surface area contributed by atoms with E-state index < -0.39 is 10.0 Å². The molecule has 2 aromatic carbocycles. The Hall–Kier alpha value is -2.45. The van der Waals surface area contributed by atoms with Crippen LogP contribution >= 0.6 is 11.5 Å². The summed E-state index contributed by atoms with van der Waals surface area (Å²) in [6.07, 6.45) is 0.750. The fraction of sp³-hybridized carbons (Fsp3) is 0.176. The van der Waals surface area contributed by atoms with Crippen LogP contribution in [0, 0.1) is 6.92 Å². The number of hydrogen-bond acceptors (Lipinski definition) is 6. The number of nitrogens with one attached hydrogen (secondary N) is 1. The second-order valence-electron chi connectivity index (χ2n) is 5.38. The lowest BCUT2D eigenvalue weighted by atomic mass is 10.2. The van der Waals surface area contributed by atoms with Crippen molar-refractivity contribution in [3.63, 3.8) is 0 Å². The first-order chi connectivity index (χ1) is 12.0. The van der Waals surface area contributed by atoms with Gasteiger partial charge in [0.2, 0.25) is 0 Å². The summed E-state index contributed by atoms with van der Waals surface area (Å²) in [4.78, 5) is 4.45. The summed E-state index contributed by atoms with van der Waals surface area (Å²) >= 11 is 1.19. The van der Waals surface area contributed by atoms with Gasteiger partial charge in [-0.15, -0.1) is 0 Å². The normalized spacial score (nSPS) is 11.3. The summed E-state index contributed by atoms with van der Waals surface area (Å²) in [6, 6.07) is 13.3. The monoisotopic (exact) mass is 375 g/mol. The van der Waals surface area contributed by atoms with Crippen LogP contribution in [0.1, 0.15) is 18.3 Å². The summed E-state index contributed by atoms with van der Waals surface area (Å²) in [7, 11) is -3.61. The number of ether oxygens (including phenoxy) is 1. The molecule has 1 heterocycles. The number of benzene rings is 2. The number of aromatic nitrogens is 2. The molecule has 8 heteroatoms. The van der Waals surface area contributed by atoms with Gasteiger partial charge in [0.05, 0.1) is 4.90 Å². The summed E-state index contributed by atoms with van der Waals surface area (Å²) in [6.45, 7) is 3.88. The lowest BCUT2D eigenvalue weighted by Crippen LogP contribution is -2.12. The van der Waals surface area contributed by atoms with Crippen molar-refractivity contribution in [2.45, 2.75) is 25.2 Å². The number of hydrogen-bond donors (Lipinski definition) is 1. The van der Waals surface area contributed by atoms with Gasteiger partial charge in [-0.05, 0) is 43.3 Å². The van der Waals surface area contributed by atoms with E-state index >= 15 is 0 Å². The van der Waals surface area contributed by atoms with E-state index in [1.807, 2.05) is 13.8 Å². The molecule has 0 bridgehead atoms. The van der Waals surface area contributed by atoms with Crippen molar-refractivity contribution >= 4 is 27.2 Å². The van der Waals surface area contributed by atoms with E-state index in [2.05, 4.69) is 14.1 Å². The molecule has 25 heavy (non-hydrogen) atoms. The first-order valence-corrected chi connectivity index (χ1v) is 9.92. The highest BCUT2D eigenvalue weighted by Gasteiger charge is 2.14. The molecule has 1 aromatic heterocycles. The van der Waals surface area contributed by atoms with Crippen molar-refractivity contribution in [1.29, 1.82) is 0 Å². The molecule has 6 nitrogen and oxygen atoms in total. The minimum absolute atomic E-state index is 0.222. The summed E-state index contributed by atoms with van der Waals surface area (Å²) in [5.74, 6) is 1.31. The van der Waals surface area contributed by atoms with Crippen molar-refractivity contribution in [2.75, 3.05) is 4.72 Å². The van der Waals surface area contributed by atoms with E-state index in [1.54, 1.807) is 48.5 Å². The van der Waals surface area contributed by atoms with E-state index in [9.17, 15) is 8.42 Å². The molecule has 0 radical (unpaired) electrons. The number of aryl methyl sites for hydroxylation is 2. The van der Waals surface area contributed by atoms with E-state index in [0.29, 0.717) is 16.6 Å². The van der Waals surface area contributed by atoms with Crippen molar-refractivity contribution in [3.05, 3.63) is 59.9 Å². The molecular formula is C17H17N3O3S2. The topological polar surface area (TPSA) is 81.2 Å². The van der Waals surface area contributed by atoms with Crippen LogP contribution in [0.2, 0.25) is 0 Å².